The summed E-state index contributed by atoms with van der Waals surface area (Å²) in [5, 5.41) is 0.210. The van der Waals surface area contributed by atoms with Crippen molar-refractivity contribution in [1.82, 2.24) is 0 Å². The summed E-state index contributed by atoms with van der Waals surface area (Å²) in [6.45, 7) is 0. The molecule has 0 N–H and O–H groups in total. The van der Waals surface area contributed by atoms with Crippen LogP contribution in [0, 0.1) is 5.82 Å². The molecule has 2 atom stereocenters. The van der Waals surface area contributed by atoms with Crippen molar-refractivity contribution < 1.29 is 4.39 Å². The van der Waals surface area contributed by atoms with Gasteiger partial charge in [0.1, 0.15) is 5.82 Å². The minimum atomic E-state index is -0.103. The summed E-state index contributed by atoms with van der Waals surface area (Å²) in [5.74, 6) is 0.188. The predicted molar refractivity (Wildman–Crippen MR) is 65.0 cm³/mol. The molecule has 2 rings (SSSR count). The summed E-state index contributed by atoms with van der Waals surface area (Å²) < 4.78 is 14.6. The van der Waals surface area contributed by atoms with E-state index >= 15 is 0 Å². The Labute approximate surface area is 103 Å². The Morgan fingerprint density at radius 1 is 1.33 bits per heavy atom. The van der Waals surface area contributed by atoms with Crippen LogP contribution < -0.4 is 0 Å². The third-order valence-electron chi connectivity index (χ3n) is 3.01. The first-order chi connectivity index (χ1) is 7.16. The fourth-order valence-electron chi connectivity index (χ4n) is 2.24. The summed E-state index contributed by atoms with van der Waals surface area (Å²) in [6, 6.07) is 5.14. The van der Waals surface area contributed by atoms with E-state index < -0.39 is 0 Å². The monoisotopic (exact) mass is 290 g/mol. The number of hydrogen-bond donors (Lipinski definition) is 0. The number of benzene rings is 1. The second-order valence-electron chi connectivity index (χ2n) is 4.13. The lowest BCUT2D eigenvalue weighted by atomic mass is 9.83. The molecule has 0 spiro atoms. The standard InChI is InChI=1S/C12H13BrClF/c13-9-4-5-12(15)11(7-9)8-2-1-3-10(14)6-8/h4-5,7-8,10H,1-3,6H2. The van der Waals surface area contributed by atoms with Gasteiger partial charge in [0.15, 0.2) is 0 Å². The van der Waals surface area contributed by atoms with Crippen LogP contribution in [0.2, 0.25) is 0 Å². The van der Waals surface area contributed by atoms with Crippen molar-refractivity contribution in [2.24, 2.45) is 0 Å². The molecule has 0 aliphatic heterocycles. The third kappa shape index (κ3) is 2.73. The van der Waals surface area contributed by atoms with Crippen LogP contribution in [0.1, 0.15) is 37.2 Å². The van der Waals surface area contributed by atoms with Crippen LogP contribution in [0.25, 0.3) is 0 Å². The number of rotatable bonds is 1. The molecule has 0 heterocycles. The number of halogens is 3. The fraction of sp³-hybridized carbons (Fsp3) is 0.500. The lowest BCUT2D eigenvalue weighted by molar-refractivity contribution is 0.435. The Balaban J connectivity index is 2.24. The number of alkyl halides is 1. The first kappa shape index (κ1) is 11.4. The van der Waals surface area contributed by atoms with Crippen molar-refractivity contribution in [3.63, 3.8) is 0 Å². The van der Waals surface area contributed by atoms with Crippen molar-refractivity contribution in [3.05, 3.63) is 34.1 Å². The number of hydrogen-bond acceptors (Lipinski definition) is 0. The Morgan fingerprint density at radius 2 is 2.13 bits per heavy atom. The van der Waals surface area contributed by atoms with E-state index in [0.717, 1.165) is 35.7 Å². The van der Waals surface area contributed by atoms with Gasteiger partial charge in [-0.2, -0.15) is 0 Å². The molecule has 1 aliphatic rings. The highest BCUT2D eigenvalue weighted by Crippen LogP contribution is 2.37. The molecule has 1 fully saturated rings. The molecular formula is C12H13BrClF. The highest BCUT2D eigenvalue weighted by molar-refractivity contribution is 9.10. The topological polar surface area (TPSA) is 0 Å². The Kier molecular flexibility index (Phi) is 3.68. The van der Waals surface area contributed by atoms with Gasteiger partial charge in [-0.15, -0.1) is 11.6 Å². The first-order valence-electron chi connectivity index (χ1n) is 5.26. The summed E-state index contributed by atoms with van der Waals surface area (Å²) in [7, 11) is 0. The summed E-state index contributed by atoms with van der Waals surface area (Å²) in [5.41, 5.74) is 0.815. The van der Waals surface area contributed by atoms with Crippen LogP contribution in [0.3, 0.4) is 0 Å². The van der Waals surface area contributed by atoms with E-state index in [1.54, 1.807) is 6.07 Å². The Morgan fingerprint density at radius 3 is 2.87 bits per heavy atom. The molecule has 1 aromatic rings. The van der Waals surface area contributed by atoms with E-state index in [9.17, 15) is 4.39 Å². The highest BCUT2D eigenvalue weighted by atomic mass is 79.9. The zero-order valence-electron chi connectivity index (χ0n) is 8.35. The van der Waals surface area contributed by atoms with Crippen LogP contribution in [0.5, 0.6) is 0 Å². The zero-order chi connectivity index (χ0) is 10.8. The molecule has 0 amide bonds. The van der Waals surface area contributed by atoms with Crippen molar-refractivity contribution >= 4 is 27.5 Å². The van der Waals surface area contributed by atoms with Crippen LogP contribution in [-0.2, 0) is 0 Å². The van der Waals surface area contributed by atoms with Crippen molar-refractivity contribution in [2.45, 2.75) is 37.0 Å². The highest BCUT2D eigenvalue weighted by Gasteiger charge is 2.23. The van der Waals surface area contributed by atoms with E-state index in [1.165, 1.54) is 6.07 Å². The molecule has 0 saturated heterocycles. The second kappa shape index (κ2) is 4.84. The van der Waals surface area contributed by atoms with Gasteiger partial charge in [0, 0.05) is 9.85 Å². The van der Waals surface area contributed by atoms with Gasteiger partial charge < -0.3 is 0 Å². The largest absolute Gasteiger partial charge is 0.207 e. The minimum Gasteiger partial charge on any atom is -0.207 e. The van der Waals surface area contributed by atoms with Crippen molar-refractivity contribution in [3.8, 4) is 0 Å². The van der Waals surface area contributed by atoms with E-state index in [0.29, 0.717) is 5.92 Å². The van der Waals surface area contributed by atoms with Gasteiger partial charge in [-0.05, 0) is 48.9 Å². The smallest absolute Gasteiger partial charge is 0.126 e. The maximum Gasteiger partial charge on any atom is 0.126 e. The lowest BCUT2D eigenvalue weighted by Crippen LogP contribution is -2.15. The molecule has 2 unspecified atom stereocenters. The third-order valence-corrected chi connectivity index (χ3v) is 3.90. The van der Waals surface area contributed by atoms with Gasteiger partial charge in [0.05, 0.1) is 0 Å². The molecule has 1 aliphatic carbocycles. The maximum atomic E-state index is 13.6. The average molecular weight is 292 g/mol. The molecule has 0 radical (unpaired) electrons. The summed E-state index contributed by atoms with van der Waals surface area (Å²) in [6.07, 6.45) is 4.12. The molecule has 82 valence electrons. The summed E-state index contributed by atoms with van der Waals surface area (Å²) >= 11 is 9.50. The van der Waals surface area contributed by atoms with Crippen LogP contribution in [0.15, 0.2) is 22.7 Å². The van der Waals surface area contributed by atoms with Crippen LogP contribution >= 0.6 is 27.5 Å². The SMILES string of the molecule is Fc1ccc(Br)cc1C1CCCC(Cl)C1. The molecule has 0 aromatic heterocycles. The summed E-state index contributed by atoms with van der Waals surface area (Å²) in [4.78, 5) is 0. The van der Waals surface area contributed by atoms with Gasteiger partial charge in [-0.25, -0.2) is 4.39 Å². The van der Waals surface area contributed by atoms with Gasteiger partial charge >= 0.3 is 0 Å². The molecule has 15 heavy (non-hydrogen) atoms. The van der Waals surface area contributed by atoms with Gasteiger partial charge in [-0.1, -0.05) is 22.4 Å². The molecular weight excluding hydrogens is 278 g/mol. The van der Waals surface area contributed by atoms with E-state index in [2.05, 4.69) is 15.9 Å². The Hall–Kier alpha value is -0.0800. The van der Waals surface area contributed by atoms with Crippen molar-refractivity contribution in [1.29, 1.82) is 0 Å². The quantitative estimate of drug-likeness (QED) is 0.649. The maximum absolute atomic E-state index is 13.6. The zero-order valence-corrected chi connectivity index (χ0v) is 10.7. The Bertz CT molecular complexity index is 353. The predicted octanol–water partition coefficient (Wildman–Crippen LogP) is 4.85. The second-order valence-corrected chi connectivity index (χ2v) is 5.66. The molecule has 0 bridgehead atoms. The van der Waals surface area contributed by atoms with E-state index in [1.807, 2.05) is 6.07 Å². The van der Waals surface area contributed by atoms with Crippen molar-refractivity contribution in [2.75, 3.05) is 0 Å². The van der Waals surface area contributed by atoms with Gasteiger partial charge in [0.2, 0.25) is 0 Å². The molecule has 0 nitrogen and oxygen atoms in total. The fourth-order valence-corrected chi connectivity index (χ4v) is 2.99. The van der Waals surface area contributed by atoms with E-state index in [4.69, 9.17) is 11.6 Å². The average Bonchev–Trinajstić information content (AvgIpc) is 2.22. The molecule has 3 heteroatoms. The molecule has 1 saturated carbocycles. The van der Waals surface area contributed by atoms with Gasteiger partial charge in [-0.3, -0.25) is 0 Å². The van der Waals surface area contributed by atoms with Crippen LogP contribution in [0.4, 0.5) is 4.39 Å². The normalized spacial score (nSPS) is 26.6. The van der Waals surface area contributed by atoms with Gasteiger partial charge in [0.25, 0.3) is 0 Å². The minimum absolute atomic E-state index is 0.103. The van der Waals surface area contributed by atoms with Crippen LogP contribution in [-0.4, -0.2) is 5.38 Å². The van der Waals surface area contributed by atoms with E-state index in [-0.39, 0.29) is 11.2 Å². The lowest BCUT2D eigenvalue weighted by Gasteiger charge is -2.26. The molecule has 1 aromatic carbocycles. The first-order valence-corrected chi connectivity index (χ1v) is 6.49.